The molecule has 0 bridgehead atoms. The van der Waals surface area contributed by atoms with Gasteiger partial charge in [-0.05, 0) is 41.8 Å². The predicted molar refractivity (Wildman–Crippen MR) is 136 cm³/mol. The third-order valence-electron chi connectivity index (χ3n) is 5.42. The van der Waals surface area contributed by atoms with Gasteiger partial charge in [0.2, 0.25) is 0 Å². The van der Waals surface area contributed by atoms with E-state index in [0.717, 1.165) is 32.1 Å². The minimum atomic E-state index is -0.280. The van der Waals surface area contributed by atoms with Crippen LogP contribution >= 0.6 is 34.5 Å². The first kappa shape index (κ1) is 20.2. The van der Waals surface area contributed by atoms with Crippen molar-refractivity contribution in [2.45, 2.75) is 0 Å². The molecule has 2 aromatic heterocycles. The Morgan fingerprint density at radius 1 is 0.848 bits per heavy atom. The average Bonchev–Trinajstić information content (AvgIpc) is 3.39. The summed E-state index contributed by atoms with van der Waals surface area (Å²) in [5, 5.41) is 16.2. The van der Waals surface area contributed by atoms with E-state index in [1.54, 1.807) is 23.0 Å². The Balaban J connectivity index is 1.34. The van der Waals surface area contributed by atoms with Gasteiger partial charge in [0.05, 0.1) is 10.7 Å². The fraction of sp³-hybridized carbons (Fsp3) is 0. The first-order valence-electron chi connectivity index (χ1n) is 10.1. The van der Waals surface area contributed by atoms with Crippen molar-refractivity contribution in [3.63, 3.8) is 0 Å². The molecule has 4 aromatic carbocycles. The van der Waals surface area contributed by atoms with Gasteiger partial charge in [0.25, 0.3) is 5.91 Å². The molecule has 0 atom stereocenters. The van der Waals surface area contributed by atoms with E-state index in [1.165, 1.54) is 11.3 Å². The zero-order chi connectivity index (χ0) is 22.5. The van der Waals surface area contributed by atoms with Gasteiger partial charge in [0, 0.05) is 26.2 Å². The van der Waals surface area contributed by atoms with Gasteiger partial charge in [-0.25, -0.2) is 0 Å². The number of nitrogens with one attached hydrogen (secondary N) is 1. The summed E-state index contributed by atoms with van der Waals surface area (Å²) < 4.78 is 0.867. The second kappa shape index (κ2) is 7.85. The number of nitrogens with zero attached hydrogens (tertiary/aromatic N) is 3. The maximum absolute atomic E-state index is 12.9. The number of rotatable bonds is 3. The number of amides is 1. The largest absolute Gasteiger partial charge is 0.321 e. The second-order valence-corrected chi connectivity index (χ2v) is 9.40. The lowest BCUT2D eigenvalue weighted by Crippen LogP contribution is -2.10. The van der Waals surface area contributed by atoms with Crippen LogP contribution in [0, 0.1) is 0 Å². The fourth-order valence-electron chi connectivity index (χ4n) is 3.86. The number of hydrogen-bond acceptors (Lipinski definition) is 4. The van der Waals surface area contributed by atoms with Crippen LogP contribution in [0.3, 0.4) is 0 Å². The Morgan fingerprint density at radius 3 is 2.58 bits per heavy atom. The molecule has 160 valence electrons. The predicted octanol–water partition coefficient (Wildman–Crippen LogP) is 7.35. The zero-order valence-corrected chi connectivity index (χ0v) is 19.2. The number of aromatic nitrogens is 3. The molecule has 0 spiro atoms. The molecule has 8 heteroatoms. The van der Waals surface area contributed by atoms with E-state index in [4.69, 9.17) is 23.2 Å². The quantitative estimate of drug-likeness (QED) is 0.283. The standard InChI is InChI=1S/C25H14Cl2N4OS/c26-15-8-10-18-22(12-15)33-24(23(18)27)25(32)28-16-9-11-19-20(13-16)30-31(29-19)21-7-3-5-14-4-1-2-6-17(14)21/h1-13H,(H,28,32). The number of thiophene rings is 1. The van der Waals surface area contributed by atoms with Crippen LogP contribution in [0.25, 0.3) is 37.6 Å². The molecule has 33 heavy (non-hydrogen) atoms. The summed E-state index contributed by atoms with van der Waals surface area (Å²) in [5.74, 6) is -0.280. The Labute approximate surface area is 202 Å². The maximum atomic E-state index is 12.9. The van der Waals surface area contributed by atoms with Crippen molar-refractivity contribution in [1.82, 2.24) is 15.0 Å². The topological polar surface area (TPSA) is 59.8 Å². The van der Waals surface area contributed by atoms with E-state index in [1.807, 2.05) is 48.5 Å². The van der Waals surface area contributed by atoms with E-state index in [2.05, 4.69) is 27.6 Å². The molecule has 0 fully saturated rings. The highest BCUT2D eigenvalue weighted by molar-refractivity contribution is 7.21. The highest BCUT2D eigenvalue weighted by Crippen LogP contribution is 2.37. The van der Waals surface area contributed by atoms with Crippen LogP contribution in [-0.2, 0) is 0 Å². The molecule has 6 aromatic rings. The summed E-state index contributed by atoms with van der Waals surface area (Å²) in [7, 11) is 0. The van der Waals surface area contributed by atoms with Crippen LogP contribution in [0.2, 0.25) is 10.0 Å². The van der Waals surface area contributed by atoms with Gasteiger partial charge in [-0.15, -0.1) is 26.3 Å². The summed E-state index contributed by atoms with van der Waals surface area (Å²) in [6.07, 6.45) is 0. The smallest absolute Gasteiger partial charge is 0.267 e. The molecule has 6 rings (SSSR count). The summed E-state index contributed by atoms with van der Waals surface area (Å²) >= 11 is 13.8. The Bertz CT molecular complexity index is 1700. The molecule has 0 aliphatic rings. The third kappa shape index (κ3) is 3.53. The monoisotopic (exact) mass is 488 g/mol. The molecule has 1 N–H and O–H groups in total. The van der Waals surface area contributed by atoms with Crippen LogP contribution in [-0.4, -0.2) is 20.9 Å². The zero-order valence-electron chi connectivity index (χ0n) is 16.9. The minimum Gasteiger partial charge on any atom is -0.321 e. The fourth-order valence-corrected chi connectivity index (χ4v) is 5.54. The van der Waals surface area contributed by atoms with Gasteiger partial charge < -0.3 is 5.32 Å². The first-order valence-corrected chi connectivity index (χ1v) is 11.7. The van der Waals surface area contributed by atoms with E-state index in [0.29, 0.717) is 26.1 Å². The highest BCUT2D eigenvalue weighted by atomic mass is 35.5. The molecule has 5 nitrogen and oxygen atoms in total. The number of hydrogen-bond donors (Lipinski definition) is 1. The summed E-state index contributed by atoms with van der Waals surface area (Å²) in [6.45, 7) is 0. The Kier molecular flexibility index (Phi) is 4.80. The number of anilines is 1. The number of halogens is 2. The Hall–Kier alpha value is -3.45. The van der Waals surface area contributed by atoms with Crippen LogP contribution in [0.4, 0.5) is 5.69 Å². The molecule has 0 saturated heterocycles. The van der Waals surface area contributed by atoms with Crippen LogP contribution < -0.4 is 5.32 Å². The second-order valence-electron chi connectivity index (χ2n) is 7.53. The lowest BCUT2D eigenvalue weighted by molar-refractivity contribution is 0.103. The van der Waals surface area contributed by atoms with Gasteiger partial charge in [-0.3, -0.25) is 4.79 Å². The van der Waals surface area contributed by atoms with E-state index >= 15 is 0 Å². The number of fused-ring (bicyclic) bond motifs is 3. The van der Waals surface area contributed by atoms with Gasteiger partial charge >= 0.3 is 0 Å². The van der Waals surface area contributed by atoms with Crippen LogP contribution in [0.1, 0.15) is 9.67 Å². The number of carbonyl (C=O) groups excluding carboxylic acids is 1. The van der Waals surface area contributed by atoms with Gasteiger partial charge in [-0.2, -0.15) is 0 Å². The SMILES string of the molecule is O=C(Nc1ccc2nn(-c3cccc4ccccc34)nc2c1)c1sc2cc(Cl)ccc2c1Cl. The normalized spacial score (nSPS) is 11.5. The van der Waals surface area contributed by atoms with Crippen LogP contribution in [0.5, 0.6) is 0 Å². The van der Waals surface area contributed by atoms with Crippen molar-refractivity contribution >= 4 is 78.0 Å². The van der Waals surface area contributed by atoms with Gasteiger partial charge in [0.15, 0.2) is 0 Å². The Morgan fingerprint density at radius 2 is 1.67 bits per heavy atom. The summed E-state index contributed by atoms with van der Waals surface area (Å²) in [6, 6.07) is 25.0. The lowest BCUT2D eigenvalue weighted by atomic mass is 10.1. The summed E-state index contributed by atoms with van der Waals surface area (Å²) in [5.41, 5.74) is 2.92. The van der Waals surface area contributed by atoms with Crippen molar-refractivity contribution in [2.24, 2.45) is 0 Å². The molecule has 2 heterocycles. The van der Waals surface area contributed by atoms with Crippen molar-refractivity contribution in [3.8, 4) is 5.69 Å². The highest BCUT2D eigenvalue weighted by Gasteiger charge is 2.18. The molecule has 0 unspecified atom stereocenters. The third-order valence-corrected chi connectivity index (χ3v) is 7.31. The molecule has 0 radical (unpaired) electrons. The first-order chi connectivity index (χ1) is 16.1. The molecular formula is C25H14Cl2N4OS. The molecule has 0 aliphatic carbocycles. The van der Waals surface area contributed by atoms with E-state index in [9.17, 15) is 4.79 Å². The lowest BCUT2D eigenvalue weighted by Gasteiger charge is -2.04. The molecule has 0 saturated carbocycles. The van der Waals surface area contributed by atoms with Crippen LogP contribution in [0.15, 0.2) is 78.9 Å². The van der Waals surface area contributed by atoms with Crippen molar-refractivity contribution in [3.05, 3.63) is 93.8 Å². The van der Waals surface area contributed by atoms with Crippen molar-refractivity contribution in [1.29, 1.82) is 0 Å². The molecule has 1 amide bonds. The minimum absolute atomic E-state index is 0.280. The average molecular weight is 489 g/mol. The van der Waals surface area contributed by atoms with Gasteiger partial charge in [-0.1, -0.05) is 65.7 Å². The maximum Gasteiger partial charge on any atom is 0.267 e. The number of carbonyl (C=O) groups is 1. The molecular weight excluding hydrogens is 475 g/mol. The number of benzene rings is 4. The van der Waals surface area contributed by atoms with E-state index < -0.39 is 0 Å². The summed E-state index contributed by atoms with van der Waals surface area (Å²) in [4.78, 5) is 15.0. The van der Waals surface area contributed by atoms with Crippen molar-refractivity contribution < 1.29 is 4.79 Å². The van der Waals surface area contributed by atoms with E-state index in [-0.39, 0.29) is 5.91 Å². The van der Waals surface area contributed by atoms with Gasteiger partial charge in [0.1, 0.15) is 15.9 Å². The van der Waals surface area contributed by atoms with Crippen molar-refractivity contribution in [2.75, 3.05) is 5.32 Å². The molecule has 0 aliphatic heterocycles.